The molecule has 0 unspecified atom stereocenters. The van der Waals surface area contributed by atoms with E-state index in [0.717, 1.165) is 22.5 Å². The summed E-state index contributed by atoms with van der Waals surface area (Å²) in [6, 6.07) is 13.5. The Bertz CT molecular complexity index is 1010. The quantitative estimate of drug-likeness (QED) is 0.666. The predicted molar refractivity (Wildman–Crippen MR) is 103 cm³/mol. The van der Waals surface area contributed by atoms with Gasteiger partial charge >= 0.3 is 5.63 Å². The number of aromatic hydroxyl groups is 1. The van der Waals surface area contributed by atoms with Crippen molar-refractivity contribution in [3.63, 3.8) is 0 Å². The minimum Gasteiger partial charge on any atom is -0.508 e. The number of phenolic OH excluding ortho intramolecular Hbond substituents is 1. The first-order chi connectivity index (χ1) is 12.5. The summed E-state index contributed by atoms with van der Waals surface area (Å²) in [4.78, 5) is 14.4. The van der Waals surface area contributed by atoms with Crippen LogP contribution in [0.25, 0.3) is 11.0 Å². The predicted octanol–water partition coefficient (Wildman–Crippen LogP) is 4.63. The number of phenols is 1. The van der Waals surface area contributed by atoms with E-state index in [1.165, 1.54) is 18.4 Å². The van der Waals surface area contributed by atoms with Crippen molar-refractivity contribution in [3.8, 4) is 5.75 Å². The number of nitrogens with zero attached hydrogens (tertiary/aromatic N) is 1. The van der Waals surface area contributed by atoms with Crippen molar-refractivity contribution in [3.05, 3.63) is 74.6 Å². The summed E-state index contributed by atoms with van der Waals surface area (Å²) in [6.07, 6.45) is 2.35. The molecule has 0 atom stereocenters. The van der Waals surface area contributed by atoms with E-state index in [-0.39, 0.29) is 11.4 Å². The zero-order valence-corrected chi connectivity index (χ0v) is 15.3. The molecule has 0 saturated heterocycles. The lowest BCUT2D eigenvalue weighted by Crippen LogP contribution is -2.25. The number of hydrogen-bond donors (Lipinski definition) is 1. The van der Waals surface area contributed by atoms with E-state index in [1.807, 2.05) is 30.3 Å². The van der Waals surface area contributed by atoms with Crippen LogP contribution in [0.5, 0.6) is 5.75 Å². The highest BCUT2D eigenvalue weighted by molar-refractivity contribution is 6.30. The Morgan fingerprint density at radius 2 is 1.88 bits per heavy atom. The van der Waals surface area contributed by atoms with Gasteiger partial charge in [-0.25, -0.2) is 4.79 Å². The molecule has 1 aromatic heterocycles. The lowest BCUT2D eigenvalue weighted by Gasteiger charge is -2.23. The standard InChI is InChI=1S/C21H20ClNO3/c1-13-19(24)9-8-18-15(10-20(25)26-21(13)18)12-23(17-6-7-17)11-14-2-4-16(22)5-3-14/h2-5,8-10,17,24H,6-7,11-12H2,1H3. The summed E-state index contributed by atoms with van der Waals surface area (Å²) in [6.45, 7) is 3.23. The highest BCUT2D eigenvalue weighted by Gasteiger charge is 2.29. The Balaban J connectivity index is 1.69. The smallest absolute Gasteiger partial charge is 0.336 e. The topological polar surface area (TPSA) is 53.7 Å². The van der Waals surface area contributed by atoms with Crippen LogP contribution in [0, 0.1) is 6.92 Å². The number of halogens is 1. The van der Waals surface area contributed by atoms with E-state index in [1.54, 1.807) is 19.1 Å². The second-order valence-electron chi connectivity index (χ2n) is 6.94. The first-order valence-electron chi connectivity index (χ1n) is 8.75. The molecule has 1 N–H and O–H groups in total. The molecule has 1 fully saturated rings. The average Bonchev–Trinajstić information content (AvgIpc) is 3.45. The molecule has 1 aliphatic carbocycles. The zero-order chi connectivity index (χ0) is 18.3. The molecular weight excluding hydrogens is 350 g/mol. The highest BCUT2D eigenvalue weighted by Crippen LogP contribution is 2.33. The van der Waals surface area contributed by atoms with E-state index in [9.17, 15) is 9.90 Å². The van der Waals surface area contributed by atoms with Gasteiger partial charge in [-0.2, -0.15) is 0 Å². The average molecular weight is 370 g/mol. The van der Waals surface area contributed by atoms with Gasteiger partial charge in [-0.3, -0.25) is 4.90 Å². The third kappa shape index (κ3) is 3.48. The second kappa shape index (κ2) is 6.78. The monoisotopic (exact) mass is 369 g/mol. The van der Waals surface area contributed by atoms with Crippen molar-refractivity contribution >= 4 is 22.6 Å². The van der Waals surface area contributed by atoms with Crippen LogP contribution in [-0.4, -0.2) is 16.0 Å². The third-order valence-electron chi connectivity index (χ3n) is 4.95. The van der Waals surface area contributed by atoms with Gasteiger partial charge < -0.3 is 9.52 Å². The van der Waals surface area contributed by atoms with Gasteiger partial charge in [0.15, 0.2) is 0 Å². The van der Waals surface area contributed by atoms with Gasteiger partial charge in [0.05, 0.1) is 0 Å². The van der Waals surface area contributed by atoms with Gasteiger partial charge in [-0.05, 0) is 55.2 Å². The Kier molecular flexibility index (Phi) is 4.47. The maximum atomic E-state index is 12.0. The molecular formula is C21H20ClNO3. The first kappa shape index (κ1) is 17.1. The molecule has 1 aliphatic rings. The summed E-state index contributed by atoms with van der Waals surface area (Å²) < 4.78 is 5.35. The molecule has 134 valence electrons. The summed E-state index contributed by atoms with van der Waals surface area (Å²) in [5.74, 6) is 0.137. The Labute approximate surface area is 156 Å². The maximum absolute atomic E-state index is 12.0. The largest absolute Gasteiger partial charge is 0.508 e. The van der Waals surface area contributed by atoms with Crippen LogP contribution in [0.4, 0.5) is 0 Å². The lowest BCUT2D eigenvalue weighted by atomic mass is 10.1. The molecule has 3 aromatic rings. The van der Waals surface area contributed by atoms with Crippen LogP contribution in [0.15, 0.2) is 51.7 Å². The van der Waals surface area contributed by atoms with Crippen LogP contribution in [0.1, 0.15) is 29.5 Å². The minimum absolute atomic E-state index is 0.137. The zero-order valence-electron chi connectivity index (χ0n) is 14.5. The summed E-state index contributed by atoms with van der Waals surface area (Å²) >= 11 is 5.98. The fourth-order valence-electron chi connectivity index (χ4n) is 3.34. The fraction of sp³-hybridized carbons (Fsp3) is 0.286. The number of fused-ring (bicyclic) bond motifs is 1. The molecule has 1 saturated carbocycles. The molecule has 0 spiro atoms. The fourth-order valence-corrected chi connectivity index (χ4v) is 3.47. The van der Waals surface area contributed by atoms with Gasteiger partial charge in [0.1, 0.15) is 11.3 Å². The maximum Gasteiger partial charge on any atom is 0.336 e. The highest BCUT2D eigenvalue weighted by atomic mass is 35.5. The van der Waals surface area contributed by atoms with E-state index >= 15 is 0 Å². The molecule has 5 heteroatoms. The van der Waals surface area contributed by atoms with Gasteiger partial charge in [0, 0.05) is 41.2 Å². The van der Waals surface area contributed by atoms with Gasteiger partial charge in [0.25, 0.3) is 0 Å². The molecule has 0 bridgehead atoms. The lowest BCUT2D eigenvalue weighted by molar-refractivity contribution is 0.246. The molecule has 0 amide bonds. The Hall–Kier alpha value is -2.30. The number of rotatable bonds is 5. The van der Waals surface area contributed by atoms with Crippen LogP contribution in [0.3, 0.4) is 0 Å². The van der Waals surface area contributed by atoms with Crippen LogP contribution < -0.4 is 5.63 Å². The van der Waals surface area contributed by atoms with Crippen LogP contribution >= 0.6 is 11.6 Å². The summed E-state index contributed by atoms with van der Waals surface area (Å²) in [5, 5.41) is 11.5. The number of benzene rings is 2. The van der Waals surface area contributed by atoms with Crippen molar-refractivity contribution in [2.45, 2.75) is 38.9 Å². The van der Waals surface area contributed by atoms with Gasteiger partial charge in [0.2, 0.25) is 0 Å². The van der Waals surface area contributed by atoms with Crippen molar-refractivity contribution in [1.82, 2.24) is 4.90 Å². The normalized spacial score (nSPS) is 14.3. The third-order valence-corrected chi connectivity index (χ3v) is 5.21. The Morgan fingerprint density at radius 3 is 2.58 bits per heavy atom. The first-order valence-corrected chi connectivity index (χ1v) is 9.13. The van der Waals surface area contributed by atoms with E-state index in [2.05, 4.69) is 4.90 Å². The Morgan fingerprint density at radius 1 is 1.15 bits per heavy atom. The van der Waals surface area contributed by atoms with E-state index < -0.39 is 0 Å². The molecule has 26 heavy (non-hydrogen) atoms. The molecule has 4 nitrogen and oxygen atoms in total. The van der Waals surface area contributed by atoms with Gasteiger partial charge in [-0.15, -0.1) is 0 Å². The summed E-state index contributed by atoms with van der Waals surface area (Å²) in [5.41, 5.74) is 2.80. The number of hydrogen-bond acceptors (Lipinski definition) is 4. The molecule has 2 aromatic carbocycles. The van der Waals surface area contributed by atoms with Crippen molar-refractivity contribution in [1.29, 1.82) is 0 Å². The molecule has 0 aliphatic heterocycles. The van der Waals surface area contributed by atoms with E-state index in [4.69, 9.17) is 16.0 Å². The molecule has 1 heterocycles. The van der Waals surface area contributed by atoms with Crippen LogP contribution in [-0.2, 0) is 13.1 Å². The van der Waals surface area contributed by atoms with Crippen molar-refractivity contribution in [2.24, 2.45) is 0 Å². The van der Waals surface area contributed by atoms with Crippen LogP contribution in [0.2, 0.25) is 5.02 Å². The SMILES string of the molecule is Cc1c(O)ccc2c(CN(Cc3ccc(Cl)cc3)C3CC3)cc(=O)oc12. The van der Waals surface area contributed by atoms with Gasteiger partial charge in [-0.1, -0.05) is 23.7 Å². The summed E-state index contributed by atoms with van der Waals surface area (Å²) in [7, 11) is 0. The van der Waals surface area contributed by atoms with Crippen molar-refractivity contribution < 1.29 is 9.52 Å². The van der Waals surface area contributed by atoms with Crippen molar-refractivity contribution in [2.75, 3.05) is 0 Å². The second-order valence-corrected chi connectivity index (χ2v) is 7.38. The minimum atomic E-state index is -0.386. The number of aryl methyl sites for hydroxylation is 1. The molecule has 4 rings (SSSR count). The molecule has 0 radical (unpaired) electrons. The van der Waals surface area contributed by atoms with E-state index in [0.29, 0.717) is 23.7 Å².